The number of aliphatic imine (C=N–C) groups is 1. The van der Waals surface area contributed by atoms with E-state index in [1.54, 1.807) is 14.2 Å². The van der Waals surface area contributed by atoms with Gasteiger partial charge in [0, 0.05) is 24.7 Å². The van der Waals surface area contributed by atoms with E-state index >= 15 is 0 Å². The Hall–Kier alpha value is -2.36. The molecule has 0 radical (unpaired) electrons. The van der Waals surface area contributed by atoms with Crippen LogP contribution in [0.25, 0.3) is 0 Å². The Morgan fingerprint density at radius 3 is 2.62 bits per heavy atom. The summed E-state index contributed by atoms with van der Waals surface area (Å²) in [5.74, 6) is 3.91. The van der Waals surface area contributed by atoms with E-state index in [-0.39, 0.29) is 24.0 Å². The van der Waals surface area contributed by atoms with Crippen molar-refractivity contribution in [3.8, 4) is 23.0 Å². The average Bonchev–Trinajstić information content (AvgIpc) is 3.19. The van der Waals surface area contributed by atoms with Gasteiger partial charge in [0.15, 0.2) is 17.5 Å². The summed E-state index contributed by atoms with van der Waals surface area (Å²) >= 11 is 0. The van der Waals surface area contributed by atoms with Crippen LogP contribution in [0.4, 0.5) is 0 Å². The van der Waals surface area contributed by atoms with Crippen molar-refractivity contribution in [3.63, 3.8) is 0 Å². The van der Waals surface area contributed by atoms with E-state index in [1.807, 2.05) is 37.3 Å². The topological polar surface area (TPSA) is 73.3 Å². The Bertz CT molecular complexity index is 830. The van der Waals surface area contributed by atoms with Gasteiger partial charge in [0.05, 0.1) is 20.8 Å². The largest absolute Gasteiger partial charge is 0.497 e. The molecule has 8 heteroatoms. The van der Waals surface area contributed by atoms with Crippen LogP contribution < -0.4 is 29.6 Å². The highest BCUT2D eigenvalue weighted by molar-refractivity contribution is 14.0. The smallest absolute Gasteiger partial charge is 0.231 e. The van der Waals surface area contributed by atoms with Gasteiger partial charge in [-0.2, -0.15) is 0 Å². The van der Waals surface area contributed by atoms with Gasteiger partial charge in [0.1, 0.15) is 11.5 Å². The lowest BCUT2D eigenvalue weighted by molar-refractivity contribution is 0.174. The Labute approximate surface area is 188 Å². The molecule has 7 nitrogen and oxygen atoms in total. The average molecular weight is 513 g/mol. The maximum Gasteiger partial charge on any atom is 0.231 e. The monoisotopic (exact) mass is 513 g/mol. The molecule has 0 aromatic heterocycles. The van der Waals surface area contributed by atoms with Gasteiger partial charge in [-0.1, -0.05) is 6.07 Å². The van der Waals surface area contributed by atoms with Crippen LogP contribution in [0.15, 0.2) is 41.4 Å². The van der Waals surface area contributed by atoms with Gasteiger partial charge >= 0.3 is 0 Å². The highest BCUT2D eigenvalue weighted by Gasteiger charge is 2.13. The van der Waals surface area contributed by atoms with Crippen LogP contribution in [0.1, 0.15) is 18.1 Å². The fraction of sp³-hybridized carbons (Fsp3) is 0.381. The van der Waals surface area contributed by atoms with E-state index in [0.717, 1.165) is 54.0 Å². The fourth-order valence-electron chi connectivity index (χ4n) is 2.91. The molecule has 2 aromatic rings. The van der Waals surface area contributed by atoms with Crippen molar-refractivity contribution in [1.29, 1.82) is 0 Å². The number of methoxy groups -OCH3 is 2. The molecule has 1 heterocycles. The van der Waals surface area contributed by atoms with E-state index in [4.69, 9.17) is 18.9 Å². The molecule has 0 spiro atoms. The molecule has 0 fully saturated rings. The van der Waals surface area contributed by atoms with Crippen LogP contribution in [0.3, 0.4) is 0 Å². The molecule has 0 unspecified atom stereocenters. The number of benzene rings is 2. The molecule has 0 atom stereocenters. The molecule has 2 aromatic carbocycles. The minimum Gasteiger partial charge on any atom is -0.497 e. The molecule has 1 aliphatic rings. The summed E-state index contributed by atoms with van der Waals surface area (Å²) in [5.41, 5.74) is 2.18. The predicted molar refractivity (Wildman–Crippen MR) is 124 cm³/mol. The second kappa shape index (κ2) is 11.6. The zero-order valence-electron chi connectivity index (χ0n) is 17.0. The molecule has 0 bridgehead atoms. The third-order valence-electron chi connectivity index (χ3n) is 4.39. The second-order valence-electron chi connectivity index (χ2n) is 6.24. The Kier molecular flexibility index (Phi) is 9.17. The van der Waals surface area contributed by atoms with Gasteiger partial charge in [-0.15, -0.1) is 24.0 Å². The number of nitrogens with zero attached hydrogens (tertiary/aromatic N) is 1. The quantitative estimate of drug-likeness (QED) is 0.321. The van der Waals surface area contributed by atoms with E-state index in [0.29, 0.717) is 13.3 Å². The number of halogens is 1. The lowest BCUT2D eigenvalue weighted by atomic mass is 10.1. The van der Waals surface area contributed by atoms with Crippen molar-refractivity contribution in [1.82, 2.24) is 10.6 Å². The zero-order chi connectivity index (χ0) is 19.8. The lowest BCUT2D eigenvalue weighted by Crippen LogP contribution is -2.38. The highest BCUT2D eigenvalue weighted by atomic mass is 127. The molecule has 0 amide bonds. The molecule has 0 saturated heterocycles. The summed E-state index contributed by atoms with van der Waals surface area (Å²) in [4.78, 5) is 4.67. The van der Waals surface area contributed by atoms with Crippen LogP contribution >= 0.6 is 24.0 Å². The van der Waals surface area contributed by atoms with Gasteiger partial charge in [0.2, 0.25) is 6.79 Å². The van der Waals surface area contributed by atoms with Crippen LogP contribution in [0.2, 0.25) is 0 Å². The van der Waals surface area contributed by atoms with Gasteiger partial charge in [-0.25, -0.2) is 4.99 Å². The third kappa shape index (κ3) is 6.31. The summed E-state index contributed by atoms with van der Waals surface area (Å²) in [7, 11) is 3.29. The van der Waals surface area contributed by atoms with Gasteiger partial charge in [0.25, 0.3) is 0 Å². The van der Waals surface area contributed by atoms with Crippen LogP contribution in [0.5, 0.6) is 23.0 Å². The molecule has 2 N–H and O–H groups in total. The van der Waals surface area contributed by atoms with Crippen molar-refractivity contribution in [2.24, 2.45) is 4.99 Å². The summed E-state index contributed by atoms with van der Waals surface area (Å²) in [5, 5.41) is 6.64. The predicted octanol–water partition coefficient (Wildman–Crippen LogP) is 3.35. The SMILES string of the molecule is CCNC(=NCc1ccc(OC)cc1OC)NCCc1ccc2c(c1)OCO2.I. The Morgan fingerprint density at radius 2 is 1.86 bits per heavy atom. The van der Waals surface area contributed by atoms with E-state index < -0.39 is 0 Å². The first-order valence-corrected chi connectivity index (χ1v) is 9.35. The maximum absolute atomic E-state index is 5.44. The minimum atomic E-state index is 0. The number of rotatable bonds is 8. The van der Waals surface area contributed by atoms with Crippen LogP contribution in [0, 0.1) is 0 Å². The summed E-state index contributed by atoms with van der Waals surface area (Å²) in [6, 6.07) is 11.8. The molecule has 0 saturated carbocycles. The zero-order valence-corrected chi connectivity index (χ0v) is 19.3. The van der Waals surface area contributed by atoms with E-state index in [2.05, 4.69) is 21.7 Å². The third-order valence-corrected chi connectivity index (χ3v) is 4.39. The lowest BCUT2D eigenvalue weighted by Gasteiger charge is -2.13. The summed E-state index contributed by atoms with van der Waals surface area (Å²) in [6.45, 7) is 4.39. The number of nitrogens with one attached hydrogen (secondary N) is 2. The molecular weight excluding hydrogens is 485 g/mol. The molecule has 29 heavy (non-hydrogen) atoms. The summed E-state index contributed by atoms with van der Waals surface area (Å²) < 4.78 is 21.5. The van der Waals surface area contributed by atoms with E-state index in [9.17, 15) is 0 Å². The standard InChI is InChI=1S/C21H27N3O4.HI/c1-4-22-21(24-13-16-6-7-17(25-2)12-19(16)26-3)23-10-9-15-5-8-18-20(11-15)28-14-27-18;/h5-8,11-12H,4,9-10,13-14H2,1-3H3,(H2,22,23,24);1H. The number of guanidine groups is 1. The normalized spacial score (nSPS) is 12.2. The van der Waals surface area contributed by atoms with Crippen molar-refractivity contribution >= 4 is 29.9 Å². The Morgan fingerprint density at radius 1 is 1.03 bits per heavy atom. The molecule has 158 valence electrons. The second-order valence-corrected chi connectivity index (χ2v) is 6.24. The van der Waals surface area contributed by atoms with Gasteiger partial charge in [-0.3, -0.25) is 0 Å². The van der Waals surface area contributed by atoms with Crippen molar-refractivity contribution in [2.45, 2.75) is 19.9 Å². The number of hydrogen-bond donors (Lipinski definition) is 2. The van der Waals surface area contributed by atoms with Crippen molar-refractivity contribution in [2.75, 3.05) is 34.1 Å². The van der Waals surface area contributed by atoms with Crippen LogP contribution in [-0.2, 0) is 13.0 Å². The first kappa shape index (κ1) is 22.9. The molecule has 3 rings (SSSR count). The van der Waals surface area contributed by atoms with Crippen LogP contribution in [-0.4, -0.2) is 40.1 Å². The first-order valence-electron chi connectivity index (χ1n) is 9.35. The molecule has 0 aliphatic carbocycles. The van der Waals surface area contributed by atoms with Gasteiger partial charge in [-0.05, 0) is 43.2 Å². The number of ether oxygens (including phenoxy) is 4. The Balaban J connectivity index is 0.00000300. The van der Waals surface area contributed by atoms with Gasteiger partial charge < -0.3 is 29.6 Å². The number of hydrogen-bond acceptors (Lipinski definition) is 5. The maximum atomic E-state index is 5.44. The van der Waals surface area contributed by atoms with Crippen molar-refractivity contribution in [3.05, 3.63) is 47.5 Å². The molecular formula is C21H28IN3O4. The van der Waals surface area contributed by atoms with Crippen molar-refractivity contribution < 1.29 is 18.9 Å². The first-order chi connectivity index (χ1) is 13.7. The van der Waals surface area contributed by atoms with E-state index in [1.165, 1.54) is 5.56 Å². The molecule has 1 aliphatic heterocycles. The highest BCUT2D eigenvalue weighted by Crippen LogP contribution is 2.32. The number of fused-ring (bicyclic) bond motifs is 1. The fourth-order valence-corrected chi connectivity index (χ4v) is 2.91. The minimum absolute atomic E-state index is 0. The summed E-state index contributed by atoms with van der Waals surface area (Å²) in [6.07, 6.45) is 0.854.